The van der Waals surface area contributed by atoms with Crippen molar-refractivity contribution in [1.82, 2.24) is 25.9 Å². The van der Waals surface area contributed by atoms with Crippen molar-refractivity contribution in [3.8, 4) is 0 Å². The molecule has 186 valence electrons. The summed E-state index contributed by atoms with van der Waals surface area (Å²) < 4.78 is 38.8. The van der Waals surface area contributed by atoms with Crippen LogP contribution in [0.25, 0.3) is 11.0 Å². The van der Waals surface area contributed by atoms with Gasteiger partial charge in [-0.25, -0.2) is 9.97 Å². The van der Waals surface area contributed by atoms with Crippen LogP contribution < -0.4 is 27.0 Å². The van der Waals surface area contributed by atoms with Crippen LogP contribution in [0.5, 0.6) is 0 Å². The SMILES string of the molecule is Cc1ccc(NC(=O)c2cccc(C(F)(F)F)c2)cc1NNN/C=C\Nc1ncnc2[nH]cc(Cl)c12. The zero-order valence-electron chi connectivity index (χ0n) is 18.7. The number of H-pyrrole nitrogens is 1. The molecule has 0 saturated heterocycles. The van der Waals surface area contributed by atoms with E-state index < -0.39 is 17.6 Å². The lowest BCUT2D eigenvalue weighted by Crippen LogP contribution is -2.33. The molecule has 13 heteroatoms. The number of carbonyl (C=O) groups excluding carboxylic acids is 1. The molecule has 4 rings (SSSR count). The van der Waals surface area contributed by atoms with Gasteiger partial charge in [0.15, 0.2) is 0 Å². The summed E-state index contributed by atoms with van der Waals surface area (Å²) in [5, 5.41) is 6.76. The molecule has 0 radical (unpaired) electrons. The maximum atomic E-state index is 12.9. The molecule has 2 aromatic heterocycles. The Kier molecular flexibility index (Phi) is 7.27. The maximum absolute atomic E-state index is 12.9. The number of aromatic nitrogens is 3. The number of rotatable bonds is 8. The quantitative estimate of drug-likeness (QED) is 0.141. The van der Waals surface area contributed by atoms with E-state index in [0.29, 0.717) is 33.2 Å². The zero-order chi connectivity index (χ0) is 25.7. The minimum absolute atomic E-state index is 0.0979. The number of halogens is 4. The zero-order valence-corrected chi connectivity index (χ0v) is 19.4. The fourth-order valence-corrected chi connectivity index (χ4v) is 3.45. The minimum atomic E-state index is -4.53. The summed E-state index contributed by atoms with van der Waals surface area (Å²) in [5.41, 5.74) is 10.0. The van der Waals surface area contributed by atoms with Crippen molar-refractivity contribution in [2.75, 3.05) is 16.1 Å². The van der Waals surface area contributed by atoms with E-state index in [4.69, 9.17) is 11.6 Å². The number of aromatic amines is 1. The number of carbonyl (C=O) groups is 1. The fraction of sp³-hybridized carbons (Fsp3) is 0.0870. The summed E-state index contributed by atoms with van der Waals surface area (Å²) in [6.45, 7) is 1.85. The van der Waals surface area contributed by atoms with Crippen LogP contribution in [-0.2, 0) is 6.18 Å². The number of alkyl halides is 3. The van der Waals surface area contributed by atoms with Crippen LogP contribution in [0, 0.1) is 6.92 Å². The lowest BCUT2D eigenvalue weighted by Gasteiger charge is -2.13. The van der Waals surface area contributed by atoms with Crippen LogP contribution >= 0.6 is 11.6 Å². The average molecular weight is 517 g/mol. The van der Waals surface area contributed by atoms with Crippen LogP contribution in [0.15, 0.2) is 67.4 Å². The third kappa shape index (κ3) is 5.85. The topological polar surface area (TPSA) is 119 Å². The van der Waals surface area contributed by atoms with E-state index in [1.54, 1.807) is 36.8 Å². The fourth-order valence-electron chi connectivity index (χ4n) is 3.22. The van der Waals surface area contributed by atoms with Crippen molar-refractivity contribution in [1.29, 1.82) is 0 Å². The number of fused-ring (bicyclic) bond motifs is 1. The molecule has 0 aliphatic heterocycles. The highest BCUT2D eigenvalue weighted by Gasteiger charge is 2.30. The van der Waals surface area contributed by atoms with Gasteiger partial charge in [0.1, 0.15) is 17.8 Å². The van der Waals surface area contributed by atoms with Crippen LogP contribution in [0.1, 0.15) is 21.5 Å². The number of benzene rings is 2. The number of amides is 1. The smallest absolute Gasteiger partial charge is 0.344 e. The number of aryl methyl sites for hydroxylation is 1. The summed E-state index contributed by atoms with van der Waals surface area (Å²) >= 11 is 6.14. The largest absolute Gasteiger partial charge is 0.416 e. The highest BCUT2D eigenvalue weighted by molar-refractivity contribution is 6.36. The van der Waals surface area contributed by atoms with Gasteiger partial charge in [-0.1, -0.05) is 23.7 Å². The van der Waals surface area contributed by atoms with Gasteiger partial charge < -0.3 is 26.5 Å². The number of hydrazine groups is 2. The van der Waals surface area contributed by atoms with Gasteiger partial charge >= 0.3 is 6.18 Å². The molecule has 0 saturated carbocycles. The molecule has 2 heterocycles. The second-order valence-electron chi connectivity index (χ2n) is 7.52. The minimum Gasteiger partial charge on any atom is -0.344 e. The van der Waals surface area contributed by atoms with Gasteiger partial charge in [-0.2, -0.15) is 18.7 Å². The molecule has 0 aliphatic rings. The monoisotopic (exact) mass is 516 g/mol. The van der Waals surface area contributed by atoms with E-state index >= 15 is 0 Å². The highest BCUT2D eigenvalue weighted by atomic mass is 35.5. The predicted molar refractivity (Wildman–Crippen MR) is 132 cm³/mol. The molecule has 0 aliphatic carbocycles. The molecule has 0 bridgehead atoms. The number of hydrogen-bond acceptors (Lipinski definition) is 7. The van der Waals surface area contributed by atoms with E-state index in [2.05, 4.69) is 42.0 Å². The normalized spacial score (nSPS) is 11.6. The highest BCUT2D eigenvalue weighted by Crippen LogP contribution is 2.30. The second-order valence-corrected chi connectivity index (χ2v) is 7.92. The van der Waals surface area contributed by atoms with Crippen molar-refractivity contribution in [2.45, 2.75) is 13.1 Å². The van der Waals surface area contributed by atoms with E-state index in [-0.39, 0.29) is 5.56 Å². The van der Waals surface area contributed by atoms with Gasteiger partial charge in [0.25, 0.3) is 5.91 Å². The van der Waals surface area contributed by atoms with Crippen molar-refractivity contribution < 1.29 is 18.0 Å². The molecule has 36 heavy (non-hydrogen) atoms. The maximum Gasteiger partial charge on any atom is 0.416 e. The van der Waals surface area contributed by atoms with Gasteiger partial charge in [0.05, 0.1) is 21.7 Å². The van der Waals surface area contributed by atoms with Gasteiger partial charge in [-0.3, -0.25) is 4.79 Å². The summed E-state index contributed by atoms with van der Waals surface area (Å²) in [4.78, 5) is 23.7. The third-order valence-corrected chi connectivity index (χ3v) is 5.32. The van der Waals surface area contributed by atoms with Crippen LogP contribution in [0.4, 0.5) is 30.4 Å². The summed E-state index contributed by atoms with van der Waals surface area (Å²) in [7, 11) is 0. The second kappa shape index (κ2) is 10.5. The molecule has 0 unspecified atom stereocenters. The van der Waals surface area contributed by atoms with Crippen molar-refractivity contribution >= 4 is 45.7 Å². The number of anilines is 3. The van der Waals surface area contributed by atoms with Crippen LogP contribution in [-0.4, -0.2) is 20.9 Å². The van der Waals surface area contributed by atoms with E-state index in [0.717, 1.165) is 17.7 Å². The molecule has 0 fully saturated rings. The Balaban J connectivity index is 1.32. The standard InChI is InChI=1S/C23H20ClF3N8O/c1-13-5-6-16(33-22(36)14-3-2-4-15(9-14)23(25,26)27)10-18(13)34-35-32-8-7-28-20-19-17(24)11-29-21(19)31-12-30-20/h2-12,32,34-35H,1H3,(H,33,36)(H2,28,29,30,31)/b8-7-. The first-order chi connectivity index (χ1) is 17.2. The van der Waals surface area contributed by atoms with Crippen LogP contribution in [0.3, 0.4) is 0 Å². The summed E-state index contributed by atoms with van der Waals surface area (Å²) in [6.07, 6.45) is 1.66. The average Bonchev–Trinajstić information content (AvgIpc) is 3.24. The summed E-state index contributed by atoms with van der Waals surface area (Å²) in [5.74, 6) is -0.130. The molecule has 2 aromatic carbocycles. The Morgan fingerprint density at radius 1 is 1.11 bits per heavy atom. The van der Waals surface area contributed by atoms with E-state index in [1.807, 2.05) is 6.92 Å². The molecule has 4 aromatic rings. The first-order valence-corrected chi connectivity index (χ1v) is 10.8. The molecule has 9 nitrogen and oxygen atoms in total. The predicted octanol–water partition coefficient (Wildman–Crippen LogP) is 5.20. The molecule has 6 N–H and O–H groups in total. The molecular formula is C23H20ClF3N8O. The molecular weight excluding hydrogens is 497 g/mol. The van der Waals surface area contributed by atoms with E-state index in [9.17, 15) is 18.0 Å². The van der Waals surface area contributed by atoms with E-state index in [1.165, 1.54) is 18.5 Å². The summed E-state index contributed by atoms with van der Waals surface area (Å²) in [6, 6.07) is 9.28. The number of nitrogens with one attached hydrogen (secondary N) is 6. The Bertz CT molecular complexity index is 1420. The van der Waals surface area contributed by atoms with Crippen molar-refractivity contribution in [3.05, 3.63) is 89.1 Å². The van der Waals surface area contributed by atoms with Gasteiger partial charge in [0, 0.05) is 29.8 Å². The van der Waals surface area contributed by atoms with Gasteiger partial charge in [0.2, 0.25) is 0 Å². The number of hydrogen-bond donors (Lipinski definition) is 6. The third-order valence-electron chi connectivity index (χ3n) is 5.03. The lowest BCUT2D eigenvalue weighted by atomic mass is 10.1. The number of nitrogens with zero attached hydrogens (tertiary/aromatic N) is 2. The first-order valence-electron chi connectivity index (χ1n) is 10.5. The Labute approximate surface area is 208 Å². The van der Waals surface area contributed by atoms with Crippen molar-refractivity contribution in [3.63, 3.8) is 0 Å². The van der Waals surface area contributed by atoms with Gasteiger partial charge in [-0.15, -0.1) is 0 Å². The Morgan fingerprint density at radius 2 is 1.94 bits per heavy atom. The Morgan fingerprint density at radius 3 is 2.75 bits per heavy atom. The molecule has 1 amide bonds. The lowest BCUT2D eigenvalue weighted by molar-refractivity contribution is -0.137. The molecule has 0 atom stereocenters. The Hall–Kier alpha value is -4.29. The van der Waals surface area contributed by atoms with Crippen molar-refractivity contribution in [2.24, 2.45) is 0 Å². The van der Waals surface area contributed by atoms with Gasteiger partial charge in [-0.05, 0) is 42.8 Å². The van der Waals surface area contributed by atoms with Crippen LogP contribution in [0.2, 0.25) is 5.02 Å². The first kappa shape index (κ1) is 24.8. The molecule has 0 spiro atoms.